The molecule has 1 amide bonds. The van der Waals surface area contributed by atoms with E-state index in [9.17, 15) is 4.79 Å². The lowest BCUT2D eigenvalue weighted by Gasteiger charge is -2.15. The zero-order valence-electron chi connectivity index (χ0n) is 19.0. The minimum atomic E-state index is -0.291. The van der Waals surface area contributed by atoms with Crippen LogP contribution in [0.2, 0.25) is 0 Å². The first kappa shape index (κ1) is 23.1. The first-order valence-electron chi connectivity index (χ1n) is 10.2. The molecule has 0 aliphatic rings. The molecular weight excluding hydrogens is 412 g/mol. The van der Waals surface area contributed by atoms with Crippen molar-refractivity contribution >= 4 is 11.6 Å². The predicted octanol–water partition coefficient (Wildman–Crippen LogP) is 4.46. The summed E-state index contributed by atoms with van der Waals surface area (Å²) in [4.78, 5) is 12.9. The van der Waals surface area contributed by atoms with Gasteiger partial charge in [-0.25, -0.2) is 0 Å². The maximum absolute atomic E-state index is 12.9. The van der Waals surface area contributed by atoms with Crippen molar-refractivity contribution in [1.29, 1.82) is 0 Å². The summed E-state index contributed by atoms with van der Waals surface area (Å²) in [5, 5.41) is 6.83. The van der Waals surface area contributed by atoms with Crippen molar-refractivity contribution in [3.8, 4) is 17.2 Å². The van der Waals surface area contributed by atoms with Crippen LogP contribution in [0.1, 0.15) is 32.9 Å². The molecule has 8 nitrogen and oxygen atoms in total. The molecule has 8 heteroatoms. The fourth-order valence-corrected chi connectivity index (χ4v) is 3.07. The van der Waals surface area contributed by atoms with Gasteiger partial charge < -0.3 is 28.8 Å². The average Bonchev–Trinajstić information content (AvgIpc) is 3.11. The molecule has 0 saturated heterocycles. The summed E-state index contributed by atoms with van der Waals surface area (Å²) in [6.07, 6.45) is 0. The zero-order valence-corrected chi connectivity index (χ0v) is 19.0. The number of amides is 1. The maximum Gasteiger partial charge on any atom is 0.255 e. The fraction of sp³-hybridized carbons (Fsp3) is 0.333. The van der Waals surface area contributed by atoms with Crippen LogP contribution in [0.25, 0.3) is 0 Å². The minimum absolute atomic E-state index is 0.286. The van der Waals surface area contributed by atoms with Gasteiger partial charge >= 0.3 is 0 Å². The van der Waals surface area contributed by atoms with Gasteiger partial charge in [0.15, 0.2) is 11.5 Å². The van der Waals surface area contributed by atoms with Crippen LogP contribution in [0, 0.1) is 20.8 Å². The third-order valence-electron chi connectivity index (χ3n) is 4.91. The highest BCUT2D eigenvalue weighted by Crippen LogP contribution is 2.31. The summed E-state index contributed by atoms with van der Waals surface area (Å²) >= 11 is 0. The lowest BCUT2D eigenvalue weighted by atomic mass is 10.1. The quantitative estimate of drug-likeness (QED) is 0.465. The lowest BCUT2D eigenvalue weighted by molar-refractivity contribution is 0.102. The Morgan fingerprint density at radius 2 is 1.78 bits per heavy atom. The number of rotatable bonds is 10. The van der Waals surface area contributed by atoms with Gasteiger partial charge in [0.1, 0.15) is 24.7 Å². The Labute approximate surface area is 187 Å². The van der Waals surface area contributed by atoms with Crippen LogP contribution in [0.4, 0.5) is 5.69 Å². The van der Waals surface area contributed by atoms with Gasteiger partial charge in [0.25, 0.3) is 5.91 Å². The molecule has 170 valence electrons. The SMILES string of the molecule is COCCOc1cc(C)ccc1NC(=O)c1ccc(OCc2c(C)noc2C)c(OC)c1. The van der Waals surface area contributed by atoms with Crippen molar-refractivity contribution in [2.24, 2.45) is 0 Å². The number of aryl methyl sites for hydroxylation is 3. The van der Waals surface area contributed by atoms with Gasteiger partial charge in [0.05, 0.1) is 30.7 Å². The highest BCUT2D eigenvalue weighted by atomic mass is 16.5. The standard InChI is InChI=1S/C24H28N2O6/c1-15-6-8-20(22(12-15)30-11-10-28-4)25-24(27)18-7-9-21(23(13-18)29-5)31-14-19-16(2)26-32-17(19)3/h6-9,12-13H,10-11,14H2,1-5H3,(H,25,27). The van der Waals surface area contributed by atoms with Crippen molar-refractivity contribution < 1.29 is 28.3 Å². The van der Waals surface area contributed by atoms with Crippen LogP contribution in [0.5, 0.6) is 17.2 Å². The second-order valence-corrected chi connectivity index (χ2v) is 7.25. The zero-order chi connectivity index (χ0) is 23.1. The molecule has 0 radical (unpaired) electrons. The van der Waals surface area contributed by atoms with E-state index in [-0.39, 0.29) is 12.5 Å². The number of benzene rings is 2. The van der Waals surface area contributed by atoms with Crippen molar-refractivity contribution in [3.63, 3.8) is 0 Å². The second-order valence-electron chi connectivity index (χ2n) is 7.25. The Bertz CT molecular complexity index is 1060. The molecule has 3 rings (SSSR count). The Morgan fingerprint density at radius 1 is 0.969 bits per heavy atom. The van der Waals surface area contributed by atoms with Crippen LogP contribution < -0.4 is 19.5 Å². The topological polar surface area (TPSA) is 92.1 Å². The predicted molar refractivity (Wildman–Crippen MR) is 120 cm³/mol. The molecule has 3 aromatic rings. The van der Waals surface area contributed by atoms with Crippen molar-refractivity contribution in [3.05, 3.63) is 64.5 Å². The molecule has 0 aliphatic carbocycles. The molecule has 0 spiro atoms. The molecule has 0 bridgehead atoms. The number of nitrogens with one attached hydrogen (secondary N) is 1. The van der Waals surface area contributed by atoms with Gasteiger partial charge in [-0.1, -0.05) is 11.2 Å². The van der Waals surface area contributed by atoms with Gasteiger partial charge in [0.2, 0.25) is 0 Å². The number of methoxy groups -OCH3 is 2. The molecule has 0 saturated carbocycles. The Morgan fingerprint density at radius 3 is 2.47 bits per heavy atom. The van der Waals surface area contributed by atoms with Crippen molar-refractivity contribution in [1.82, 2.24) is 5.16 Å². The van der Waals surface area contributed by atoms with E-state index in [0.29, 0.717) is 47.5 Å². The normalized spacial score (nSPS) is 10.7. The highest BCUT2D eigenvalue weighted by molar-refractivity contribution is 6.05. The number of carbonyl (C=O) groups is 1. The third kappa shape index (κ3) is 5.59. The molecule has 2 aromatic carbocycles. The number of hydrogen-bond donors (Lipinski definition) is 1. The summed E-state index contributed by atoms with van der Waals surface area (Å²) in [6.45, 7) is 6.77. The van der Waals surface area contributed by atoms with E-state index < -0.39 is 0 Å². The molecule has 0 fully saturated rings. The van der Waals surface area contributed by atoms with Crippen LogP contribution in [0.15, 0.2) is 40.9 Å². The summed E-state index contributed by atoms with van der Waals surface area (Å²) in [5.74, 6) is 1.97. The van der Waals surface area contributed by atoms with E-state index >= 15 is 0 Å². The van der Waals surface area contributed by atoms with E-state index in [4.69, 9.17) is 23.5 Å². The van der Waals surface area contributed by atoms with Gasteiger partial charge in [0, 0.05) is 12.7 Å². The maximum atomic E-state index is 12.9. The largest absolute Gasteiger partial charge is 0.493 e. The van der Waals surface area contributed by atoms with Crippen LogP contribution >= 0.6 is 0 Å². The molecule has 0 atom stereocenters. The Hall–Kier alpha value is -3.52. The van der Waals surface area contributed by atoms with E-state index in [1.807, 2.05) is 39.0 Å². The minimum Gasteiger partial charge on any atom is -0.493 e. The highest BCUT2D eigenvalue weighted by Gasteiger charge is 2.16. The summed E-state index contributed by atoms with van der Waals surface area (Å²) in [7, 11) is 3.14. The monoisotopic (exact) mass is 440 g/mol. The second kappa shape index (κ2) is 10.7. The van der Waals surface area contributed by atoms with Crippen LogP contribution in [-0.2, 0) is 11.3 Å². The summed E-state index contributed by atoms with van der Waals surface area (Å²) < 4.78 is 27.3. The molecule has 1 N–H and O–H groups in total. The molecule has 1 heterocycles. The molecule has 0 aliphatic heterocycles. The molecule has 32 heavy (non-hydrogen) atoms. The number of anilines is 1. The average molecular weight is 440 g/mol. The van der Waals surface area contributed by atoms with Crippen molar-refractivity contribution in [2.75, 3.05) is 32.8 Å². The van der Waals surface area contributed by atoms with E-state index in [0.717, 1.165) is 16.8 Å². The number of carbonyl (C=O) groups excluding carboxylic acids is 1. The Balaban J connectivity index is 1.73. The number of hydrogen-bond acceptors (Lipinski definition) is 7. The fourth-order valence-electron chi connectivity index (χ4n) is 3.07. The van der Waals surface area contributed by atoms with Gasteiger partial charge in [-0.15, -0.1) is 0 Å². The molecule has 0 unspecified atom stereocenters. The molecule has 1 aromatic heterocycles. The van der Waals surface area contributed by atoms with E-state index in [2.05, 4.69) is 10.5 Å². The smallest absolute Gasteiger partial charge is 0.255 e. The summed E-state index contributed by atoms with van der Waals surface area (Å²) in [5.41, 5.74) is 3.69. The first-order chi connectivity index (χ1) is 15.4. The van der Waals surface area contributed by atoms with E-state index in [1.165, 1.54) is 7.11 Å². The number of ether oxygens (including phenoxy) is 4. The van der Waals surface area contributed by atoms with Crippen molar-refractivity contribution in [2.45, 2.75) is 27.4 Å². The third-order valence-corrected chi connectivity index (χ3v) is 4.91. The van der Waals surface area contributed by atoms with Gasteiger partial charge in [-0.05, 0) is 56.7 Å². The lowest BCUT2D eigenvalue weighted by Crippen LogP contribution is -2.14. The first-order valence-corrected chi connectivity index (χ1v) is 10.2. The van der Waals surface area contributed by atoms with Crippen LogP contribution in [0.3, 0.4) is 0 Å². The number of aromatic nitrogens is 1. The summed E-state index contributed by atoms with van der Waals surface area (Å²) in [6, 6.07) is 10.6. The Kier molecular flexibility index (Phi) is 7.72. The van der Waals surface area contributed by atoms with Gasteiger partial charge in [-0.2, -0.15) is 0 Å². The van der Waals surface area contributed by atoms with Gasteiger partial charge in [-0.3, -0.25) is 4.79 Å². The molecular formula is C24H28N2O6. The number of nitrogens with zero attached hydrogens (tertiary/aromatic N) is 1. The van der Waals surface area contributed by atoms with Crippen LogP contribution in [-0.4, -0.2) is 38.5 Å². The van der Waals surface area contributed by atoms with E-state index in [1.54, 1.807) is 25.3 Å².